The number of aromatic nitrogens is 1. The van der Waals surface area contributed by atoms with E-state index in [0.29, 0.717) is 55.8 Å². The Kier molecular flexibility index (Phi) is 6.08. The predicted molar refractivity (Wildman–Crippen MR) is 101 cm³/mol. The summed E-state index contributed by atoms with van der Waals surface area (Å²) < 4.78 is 0. The van der Waals surface area contributed by atoms with E-state index in [1.54, 1.807) is 18.3 Å². The molecule has 2 aliphatic heterocycles. The molecule has 1 aromatic heterocycles. The number of nitrogens with two attached hydrogens (primary N) is 1. The fourth-order valence-corrected chi connectivity index (χ4v) is 3.94. The van der Waals surface area contributed by atoms with Crippen LogP contribution in [0.5, 0.6) is 0 Å². The fraction of sp³-hybridized carbons (Fsp3) is 0.632. The van der Waals surface area contributed by atoms with Gasteiger partial charge < -0.3 is 20.9 Å². The molecule has 142 valence electrons. The molecule has 0 bridgehead atoms. The van der Waals surface area contributed by atoms with Gasteiger partial charge in [-0.2, -0.15) is 0 Å². The van der Waals surface area contributed by atoms with Gasteiger partial charge >= 0.3 is 0 Å². The van der Waals surface area contributed by atoms with Gasteiger partial charge in [0.15, 0.2) is 0 Å². The molecule has 7 nitrogen and oxygen atoms in total. The maximum atomic E-state index is 12.7. The van der Waals surface area contributed by atoms with Crippen molar-refractivity contribution in [1.29, 1.82) is 0 Å². The van der Waals surface area contributed by atoms with Crippen LogP contribution in [0, 0.1) is 11.8 Å². The van der Waals surface area contributed by atoms with E-state index >= 15 is 0 Å². The zero-order chi connectivity index (χ0) is 18.5. The van der Waals surface area contributed by atoms with Crippen LogP contribution < -0.4 is 16.0 Å². The van der Waals surface area contributed by atoms with Crippen LogP contribution in [0.2, 0.25) is 0 Å². The summed E-state index contributed by atoms with van der Waals surface area (Å²) in [6, 6.07) is 3.41. The molecule has 2 saturated heterocycles. The number of rotatable bonds is 5. The highest BCUT2D eigenvalue weighted by atomic mass is 16.2. The van der Waals surface area contributed by atoms with E-state index in [2.05, 4.69) is 17.2 Å². The number of pyridine rings is 1. The third-order valence-electron chi connectivity index (χ3n) is 5.62. The third kappa shape index (κ3) is 4.33. The van der Waals surface area contributed by atoms with Gasteiger partial charge in [0.1, 0.15) is 5.82 Å². The second kappa shape index (κ2) is 8.49. The van der Waals surface area contributed by atoms with E-state index in [4.69, 9.17) is 5.73 Å². The Balaban J connectivity index is 1.53. The number of carbonyl (C=O) groups excluding carboxylic acids is 2. The minimum atomic E-state index is -0.471. The quantitative estimate of drug-likeness (QED) is 0.813. The first-order valence-electron chi connectivity index (χ1n) is 9.54. The van der Waals surface area contributed by atoms with E-state index in [1.807, 2.05) is 9.80 Å². The molecule has 26 heavy (non-hydrogen) atoms. The number of anilines is 1. The molecule has 2 unspecified atom stereocenters. The maximum absolute atomic E-state index is 12.7. The molecule has 7 heteroatoms. The van der Waals surface area contributed by atoms with Gasteiger partial charge in [0.05, 0.1) is 5.56 Å². The lowest BCUT2D eigenvalue weighted by molar-refractivity contribution is -0.132. The topological polar surface area (TPSA) is 91.6 Å². The Labute approximate surface area is 154 Å². The number of piperidine rings is 1. The van der Waals surface area contributed by atoms with Crippen LogP contribution in [0.15, 0.2) is 18.3 Å². The number of hydrogen-bond acceptors (Lipinski definition) is 5. The minimum absolute atomic E-state index is 0.235. The molecular weight excluding hydrogens is 330 g/mol. The molecular formula is C19H29N5O2. The predicted octanol–water partition coefficient (Wildman–Crippen LogP) is 0.855. The summed E-state index contributed by atoms with van der Waals surface area (Å²) >= 11 is 0. The molecule has 2 amide bonds. The highest BCUT2D eigenvalue weighted by Crippen LogP contribution is 2.24. The second-order valence-electron chi connectivity index (χ2n) is 7.39. The van der Waals surface area contributed by atoms with E-state index < -0.39 is 5.91 Å². The molecule has 2 fully saturated rings. The average molecular weight is 359 g/mol. The van der Waals surface area contributed by atoms with E-state index in [-0.39, 0.29) is 5.91 Å². The van der Waals surface area contributed by atoms with Crippen LogP contribution in [-0.2, 0) is 4.79 Å². The molecule has 1 aromatic rings. The lowest BCUT2D eigenvalue weighted by Crippen LogP contribution is -2.50. The monoisotopic (exact) mass is 359 g/mol. The molecule has 0 saturated carbocycles. The zero-order valence-electron chi connectivity index (χ0n) is 15.5. The van der Waals surface area contributed by atoms with Gasteiger partial charge in [-0.3, -0.25) is 9.59 Å². The molecule has 0 spiro atoms. The van der Waals surface area contributed by atoms with Gasteiger partial charge in [-0.25, -0.2) is 4.98 Å². The summed E-state index contributed by atoms with van der Waals surface area (Å²) in [6.07, 6.45) is 4.70. The number of nitrogens with one attached hydrogen (secondary N) is 1. The van der Waals surface area contributed by atoms with Crippen LogP contribution in [-0.4, -0.2) is 61.0 Å². The van der Waals surface area contributed by atoms with Crippen LogP contribution in [0.1, 0.15) is 36.5 Å². The number of carbonyl (C=O) groups is 2. The Bertz CT molecular complexity index is 637. The van der Waals surface area contributed by atoms with Crippen LogP contribution >= 0.6 is 0 Å². The lowest BCUT2D eigenvalue weighted by atomic mass is 9.85. The van der Waals surface area contributed by atoms with Crippen LogP contribution in [0.4, 0.5) is 5.82 Å². The third-order valence-corrected chi connectivity index (χ3v) is 5.62. The fourth-order valence-electron chi connectivity index (χ4n) is 3.94. The Hall–Kier alpha value is -2.15. The van der Waals surface area contributed by atoms with E-state index in [9.17, 15) is 9.59 Å². The minimum Gasteiger partial charge on any atom is -0.365 e. The molecule has 3 rings (SSSR count). The molecule has 0 radical (unpaired) electrons. The largest absolute Gasteiger partial charge is 0.365 e. The Morgan fingerprint density at radius 1 is 1.35 bits per heavy atom. The number of nitrogens with zero attached hydrogens (tertiary/aromatic N) is 3. The lowest BCUT2D eigenvalue weighted by Gasteiger charge is -2.37. The first-order valence-corrected chi connectivity index (χ1v) is 9.54. The number of hydrogen-bond donors (Lipinski definition) is 2. The zero-order valence-corrected chi connectivity index (χ0v) is 15.5. The van der Waals surface area contributed by atoms with Crippen molar-refractivity contribution >= 4 is 17.6 Å². The van der Waals surface area contributed by atoms with Crippen molar-refractivity contribution in [2.24, 2.45) is 17.6 Å². The molecule has 2 aliphatic rings. The Morgan fingerprint density at radius 3 is 2.77 bits per heavy atom. The summed E-state index contributed by atoms with van der Waals surface area (Å²) in [4.78, 5) is 32.6. The maximum Gasteiger partial charge on any atom is 0.252 e. The van der Waals surface area contributed by atoms with Crippen molar-refractivity contribution in [2.45, 2.75) is 26.2 Å². The molecule has 0 aromatic carbocycles. The first kappa shape index (κ1) is 18.6. The standard InChI is InChI=1S/C19H29N5O2/c1-14(15-4-2-6-21-13-15)12-17(25)23-8-10-24(11-9-23)19-16(18(20)26)5-3-7-22-19/h3,5,7,14-15,21H,2,4,6,8-13H2,1H3,(H2,20,26). The number of amides is 2. The van der Waals surface area contributed by atoms with Gasteiger partial charge in [0.2, 0.25) is 5.91 Å². The highest BCUT2D eigenvalue weighted by Gasteiger charge is 2.27. The van der Waals surface area contributed by atoms with Crippen molar-refractivity contribution in [2.75, 3.05) is 44.2 Å². The van der Waals surface area contributed by atoms with Gasteiger partial charge in [-0.1, -0.05) is 6.92 Å². The average Bonchev–Trinajstić information content (AvgIpc) is 2.68. The summed E-state index contributed by atoms with van der Waals surface area (Å²) in [7, 11) is 0. The van der Waals surface area contributed by atoms with Crippen molar-refractivity contribution in [1.82, 2.24) is 15.2 Å². The Morgan fingerprint density at radius 2 is 2.12 bits per heavy atom. The summed E-state index contributed by atoms with van der Waals surface area (Å²) in [5.74, 6) is 1.39. The molecule has 2 atom stereocenters. The van der Waals surface area contributed by atoms with Crippen LogP contribution in [0.3, 0.4) is 0 Å². The first-order chi connectivity index (χ1) is 12.6. The smallest absolute Gasteiger partial charge is 0.252 e. The van der Waals surface area contributed by atoms with Crippen molar-refractivity contribution in [3.8, 4) is 0 Å². The van der Waals surface area contributed by atoms with Gasteiger partial charge in [-0.15, -0.1) is 0 Å². The molecule has 0 aliphatic carbocycles. The summed E-state index contributed by atoms with van der Waals surface area (Å²) in [5.41, 5.74) is 5.88. The second-order valence-corrected chi connectivity index (χ2v) is 7.39. The van der Waals surface area contributed by atoms with Crippen molar-refractivity contribution in [3.63, 3.8) is 0 Å². The van der Waals surface area contributed by atoms with Gasteiger partial charge in [-0.05, 0) is 49.9 Å². The van der Waals surface area contributed by atoms with Gasteiger partial charge in [0, 0.05) is 38.8 Å². The van der Waals surface area contributed by atoms with Crippen molar-refractivity contribution in [3.05, 3.63) is 23.9 Å². The van der Waals surface area contributed by atoms with Crippen molar-refractivity contribution < 1.29 is 9.59 Å². The number of piperazine rings is 1. The normalized spacial score (nSPS) is 22.1. The summed E-state index contributed by atoms with van der Waals surface area (Å²) in [5, 5.41) is 3.43. The van der Waals surface area contributed by atoms with E-state index in [1.165, 1.54) is 12.8 Å². The molecule has 3 N–H and O–H groups in total. The highest BCUT2D eigenvalue weighted by molar-refractivity contribution is 5.97. The molecule has 3 heterocycles. The van der Waals surface area contributed by atoms with Gasteiger partial charge in [0.25, 0.3) is 5.91 Å². The summed E-state index contributed by atoms with van der Waals surface area (Å²) in [6.45, 7) is 6.97. The van der Waals surface area contributed by atoms with E-state index in [0.717, 1.165) is 13.1 Å². The SMILES string of the molecule is CC(CC(=O)N1CCN(c2ncccc2C(N)=O)CC1)C1CCCNC1. The number of primary amides is 1. The van der Waals surface area contributed by atoms with Crippen LogP contribution in [0.25, 0.3) is 0 Å².